The molecule has 2 aliphatic heterocycles. The molecule has 3 aromatic rings. The first kappa shape index (κ1) is 24.3. The minimum atomic E-state index is -2.15. The molecular weight excluding hydrogens is 454 g/mol. The van der Waals surface area contributed by atoms with E-state index in [1.54, 1.807) is 13.3 Å². The maximum Gasteiger partial charge on any atom is 0.238 e. The van der Waals surface area contributed by atoms with Crippen LogP contribution in [0.5, 0.6) is 5.88 Å². The molecule has 0 bridgehead atoms. The SMILES string of the molecule is C.CO[C@H]1COC[C@@H]1Oc1ncccc1Nc1ncnc2cc(N=S3(=O)CCCC3)cc(C)c12. The highest BCUT2D eigenvalue weighted by Gasteiger charge is 2.31. The number of aryl methyl sites for hydroxylation is 1. The van der Waals surface area contributed by atoms with Crippen LogP contribution >= 0.6 is 0 Å². The van der Waals surface area contributed by atoms with Crippen molar-refractivity contribution < 1.29 is 18.4 Å². The molecule has 34 heavy (non-hydrogen) atoms. The van der Waals surface area contributed by atoms with Crippen LogP contribution in [-0.4, -0.2) is 63.2 Å². The van der Waals surface area contributed by atoms with Gasteiger partial charge in [0.25, 0.3) is 0 Å². The third kappa shape index (κ3) is 4.98. The molecule has 1 aromatic carbocycles. The van der Waals surface area contributed by atoms with E-state index in [0.717, 1.165) is 29.3 Å². The Bertz CT molecular complexity index is 1280. The van der Waals surface area contributed by atoms with Crippen molar-refractivity contribution >= 4 is 37.8 Å². The molecule has 10 heteroatoms. The molecule has 0 amide bonds. The van der Waals surface area contributed by atoms with Crippen molar-refractivity contribution in [3.63, 3.8) is 0 Å². The number of ether oxygens (including phenoxy) is 3. The summed E-state index contributed by atoms with van der Waals surface area (Å²) in [6.07, 6.45) is 4.74. The lowest BCUT2D eigenvalue weighted by atomic mass is 10.1. The van der Waals surface area contributed by atoms with E-state index in [9.17, 15) is 4.21 Å². The summed E-state index contributed by atoms with van der Waals surface area (Å²) in [7, 11) is -0.509. The van der Waals surface area contributed by atoms with Gasteiger partial charge in [0, 0.05) is 30.2 Å². The topological polar surface area (TPSA) is 108 Å². The standard InChI is InChI=1S/C23H27N5O4S.CH4/c1-15-10-16(28-33(29)8-3-4-9-33)11-18-21(15)22(26-14-25-18)27-17-6-5-7-24-23(17)32-20-13-31-12-19(20)30-2;/h5-7,10-11,14,19-20H,3-4,8-9,12-13H2,1-2H3,(H,25,26,27);1H4/t19-,20-;/m0./s1. The van der Waals surface area contributed by atoms with Crippen molar-refractivity contribution in [1.29, 1.82) is 0 Å². The van der Waals surface area contributed by atoms with Gasteiger partial charge in [0.15, 0.2) is 6.10 Å². The van der Waals surface area contributed by atoms with Crippen molar-refractivity contribution in [3.8, 4) is 5.88 Å². The molecule has 1 N–H and O–H groups in total. The van der Waals surface area contributed by atoms with E-state index in [0.29, 0.717) is 47.8 Å². The normalized spacial score (nSPS) is 21.2. The third-order valence-electron chi connectivity index (χ3n) is 5.94. The Hall–Kier alpha value is -2.82. The molecule has 2 aliphatic rings. The number of aromatic nitrogens is 3. The number of nitrogens with zero attached hydrogens (tertiary/aromatic N) is 4. The van der Waals surface area contributed by atoms with Crippen LogP contribution in [0.1, 0.15) is 25.8 Å². The van der Waals surface area contributed by atoms with Gasteiger partial charge >= 0.3 is 0 Å². The second kappa shape index (κ2) is 10.2. The highest BCUT2D eigenvalue weighted by atomic mass is 32.2. The van der Waals surface area contributed by atoms with Crippen LogP contribution in [0.15, 0.2) is 41.2 Å². The molecule has 9 nitrogen and oxygen atoms in total. The number of fused-ring (bicyclic) bond motifs is 1. The molecule has 182 valence electrons. The molecule has 2 atom stereocenters. The van der Waals surface area contributed by atoms with E-state index in [1.165, 1.54) is 6.33 Å². The Morgan fingerprint density at radius 3 is 2.74 bits per heavy atom. The van der Waals surface area contributed by atoms with Crippen molar-refractivity contribution in [3.05, 3.63) is 42.4 Å². The zero-order chi connectivity index (χ0) is 22.8. The Balaban J connectivity index is 0.00000274. The van der Waals surface area contributed by atoms with Crippen LogP contribution in [0.3, 0.4) is 0 Å². The Morgan fingerprint density at radius 2 is 1.94 bits per heavy atom. The molecule has 2 aromatic heterocycles. The lowest BCUT2D eigenvalue weighted by Gasteiger charge is -2.19. The zero-order valence-corrected chi connectivity index (χ0v) is 19.5. The van der Waals surface area contributed by atoms with Gasteiger partial charge in [0.2, 0.25) is 5.88 Å². The fraction of sp³-hybridized carbons (Fsp3) is 0.458. The fourth-order valence-electron chi connectivity index (χ4n) is 4.26. The van der Waals surface area contributed by atoms with Crippen molar-refractivity contribution in [2.45, 2.75) is 39.4 Å². The molecule has 0 spiro atoms. The number of hydrogen-bond acceptors (Lipinski definition) is 9. The number of anilines is 2. The number of rotatable bonds is 6. The van der Waals surface area contributed by atoms with Gasteiger partial charge in [0.05, 0.1) is 34.1 Å². The maximum atomic E-state index is 12.9. The highest BCUT2D eigenvalue weighted by Crippen LogP contribution is 2.33. The predicted octanol–water partition coefficient (Wildman–Crippen LogP) is 4.40. The van der Waals surface area contributed by atoms with Gasteiger partial charge in [-0.1, -0.05) is 7.43 Å². The summed E-state index contributed by atoms with van der Waals surface area (Å²) in [5.41, 5.74) is 3.07. The molecule has 0 saturated carbocycles. The van der Waals surface area contributed by atoms with E-state index in [1.807, 2.05) is 31.2 Å². The van der Waals surface area contributed by atoms with Crippen LogP contribution in [0, 0.1) is 6.92 Å². The molecule has 5 rings (SSSR count). The number of benzene rings is 1. The monoisotopic (exact) mass is 485 g/mol. The van der Waals surface area contributed by atoms with Crippen LogP contribution in [0.4, 0.5) is 17.2 Å². The van der Waals surface area contributed by atoms with E-state index >= 15 is 0 Å². The van der Waals surface area contributed by atoms with Gasteiger partial charge in [-0.25, -0.2) is 19.2 Å². The zero-order valence-electron chi connectivity index (χ0n) is 18.7. The smallest absolute Gasteiger partial charge is 0.238 e. The van der Waals surface area contributed by atoms with E-state index in [4.69, 9.17) is 14.2 Å². The first-order chi connectivity index (χ1) is 16.0. The van der Waals surface area contributed by atoms with Gasteiger partial charge in [-0.2, -0.15) is 4.36 Å². The number of methoxy groups -OCH3 is 1. The number of hydrogen-bond donors (Lipinski definition) is 1. The lowest BCUT2D eigenvalue weighted by molar-refractivity contribution is 0.0311. The largest absolute Gasteiger partial charge is 0.468 e. The minimum Gasteiger partial charge on any atom is -0.468 e. The predicted molar refractivity (Wildman–Crippen MR) is 134 cm³/mol. The third-order valence-corrected chi connectivity index (χ3v) is 8.33. The summed E-state index contributed by atoms with van der Waals surface area (Å²) in [4.78, 5) is 13.3. The van der Waals surface area contributed by atoms with Crippen LogP contribution in [0.2, 0.25) is 0 Å². The molecule has 2 saturated heterocycles. The average molecular weight is 486 g/mol. The van der Waals surface area contributed by atoms with Gasteiger partial charge in [-0.15, -0.1) is 0 Å². The molecule has 4 heterocycles. The van der Waals surface area contributed by atoms with E-state index in [-0.39, 0.29) is 19.6 Å². The molecule has 0 unspecified atom stereocenters. The second-order valence-electron chi connectivity index (χ2n) is 8.31. The van der Waals surface area contributed by atoms with E-state index < -0.39 is 9.73 Å². The van der Waals surface area contributed by atoms with Crippen molar-refractivity contribution in [1.82, 2.24) is 15.0 Å². The summed E-state index contributed by atoms with van der Waals surface area (Å²) in [6, 6.07) is 7.54. The van der Waals surface area contributed by atoms with E-state index in [2.05, 4.69) is 24.6 Å². The number of nitrogens with one attached hydrogen (secondary N) is 1. The number of pyridine rings is 1. The first-order valence-electron chi connectivity index (χ1n) is 11.0. The lowest BCUT2D eigenvalue weighted by Crippen LogP contribution is -2.32. The Labute approximate surface area is 200 Å². The Morgan fingerprint density at radius 1 is 1.15 bits per heavy atom. The molecule has 0 radical (unpaired) electrons. The second-order valence-corrected chi connectivity index (χ2v) is 10.9. The molecular formula is C24H31N5O4S. The minimum absolute atomic E-state index is 0. The first-order valence-corrected chi connectivity index (χ1v) is 12.9. The summed E-state index contributed by atoms with van der Waals surface area (Å²) >= 11 is 0. The molecule has 0 aliphatic carbocycles. The quantitative estimate of drug-likeness (QED) is 0.547. The summed E-state index contributed by atoms with van der Waals surface area (Å²) in [5, 5.41) is 4.22. The summed E-state index contributed by atoms with van der Waals surface area (Å²) in [6.45, 7) is 2.92. The maximum absolute atomic E-state index is 12.9. The van der Waals surface area contributed by atoms with Gasteiger partial charge in [-0.3, -0.25) is 0 Å². The van der Waals surface area contributed by atoms with Gasteiger partial charge in [0.1, 0.15) is 23.9 Å². The van der Waals surface area contributed by atoms with Gasteiger partial charge < -0.3 is 19.5 Å². The molecule has 2 fully saturated rings. The van der Waals surface area contributed by atoms with Gasteiger partial charge in [-0.05, 0) is 49.6 Å². The van der Waals surface area contributed by atoms with Crippen LogP contribution in [0.25, 0.3) is 10.9 Å². The van der Waals surface area contributed by atoms with Crippen molar-refractivity contribution in [2.75, 3.05) is 37.1 Å². The van der Waals surface area contributed by atoms with Crippen LogP contribution < -0.4 is 10.1 Å². The summed E-state index contributed by atoms with van der Waals surface area (Å²) < 4.78 is 34.5. The summed E-state index contributed by atoms with van der Waals surface area (Å²) in [5.74, 6) is 2.42. The van der Waals surface area contributed by atoms with Crippen LogP contribution in [-0.2, 0) is 19.2 Å². The Kier molecular flexibility index (Phi) is 7.30. The highest BCUT2D eigenvalue weighted by molar-refractivity contribution is 7.93. The van der Waals surface area contributed by atoms with Crippen molar-refractivity contribution in [2.24, 2.45) is 4.36 Å². The average Bonchev–Trinajstić information content (AvgIpc) is 3.43. The fourth-order valence-corrected chi connectivity index (χ4v) is 6.44.